The van der Waals surface area contributed by atoms with E-state index in [4.69, 9.17) is 9.47 Å². The molecule has 7 heteroatoms. The van der Waals surface area contributed by atoms with Crippen LogP contribution in [0, 0.1) is 0 Å². The fraction of sp³-hybridized carbons (Fsp3) is 0.150. The summed E-state index contributed by atoms with van der Waals surface area (Å²) in [6.07, 6.45) is 0. The number of carbonyl (C=O) groups excluding carboxylic acids is 1. The molecule has 3 aromatic rings. The molecule has 0 unspecified atom stereocenters. The summed E-state index contributed by atoms with van der Waals surface area (Å²) < 4.78 is 10.4. The van der Waals surface area contributed by atoms with E-state index in [1.807, 2.05) is 30.3 Å². The Morgan fingerprint density at radius 1 is 0.889 bits per heavy atom. The molecule has 1 aromatic heterocycles. The molecule has 0 atom stereocenters. The van der Waals surface area contributed by atoms with Gasteiger partial charge in [0.2, 0.25) is 0 Å². The Labute approximate surface area is 157 Å². The molecule has 0 spiro atoms. The van der Waals surface area contributed by atoms with Crippen LogP contribution in [0.2, 0.25) is 0 Å². The topological polar surface area (TPSA) is 85.4 Å². The van der Waals surface area contributed by atoms with E-state index in [9.17, 15) is 4.79 Å². The monoisotopic (exact) mass is 364 g/mol. The minimum absolute atomic E-state index is 0.310. The molecule has 3 rings (SSSR count). The van der Waals surface area contributed by atoms with Gasteiger partial charge < -0.3 is 20.1 Å². The number of aromatic nitrogens is 2. The van der Waals surface area contributed by atoms with Crippen molar-refractivity contribution >= 4 is 17.5 Å². The third-order valence-corrected chi connectivity index (χ3v) is 3.87. The smallest absolute Gasteiger partial charge is 0.257 e. The van der Waals surface area contributed by atoms with Crippen molar-refractivity contribution in [2.45, 2.75) is 6.54 Å². The molecule has 0 bridgehead atoms. The number of amides is 1. The Bertz CT molecular complexity index is 899. The van der Waals surface area contributed by atoms with E-state index < -0.39 is 0 Å². The average molecular weight is 364 g/mol. The first-order valence-electron chi connectivity index (χ1n) is 8.34. The van der Waals surface area contributed by atoms with Crippen molar-refractivity contribution < 1.29 is 14.3 Å². The molecule has 1 heterocycles. The number of nitrogens with one attached hydrogen (secondary N) is 2. The second kappa shape index (κ2) is 8.66. The maximum atomic E-state index is 12.4. The first-order chi connectivity index (χ1) is 13.2. The minimum Gasteiger partial charge on any atom is -0.493 e. The van der Waals surface area contributed by atoms with Gasteiger partial charge >= 0.3 is 0 Å². The highest BCUT2D eigenvalue weighted by atomic mass is 16.5. The number of ether oxygens (including phenoxy) is 2. The minimum atomic E-state index is -0.310. The Morgan fingerprint density at radius 2 is 1.59 bits per heavy atom. The lowest BCUT2D eigenvalue weighted by molar-refractivity contribution is 0.102. The molecule has 0 aliphatic rings. The summed E-state index contributed by atoms with van der Waals surface area (Å²) in [6.45, 7) is 0.646. The predicted octanol–water partition coefficient (Wildman–Crippen LogP) is 3.36. The molecular weight excluding hydrogens is 344 g/mol. The lowest BCUT2D eigenvalue weighted by atomic mass is 10.2. The summed E-state index contributed by atoms with van der Waals surface area (Å²) in [5.41, 5.74) is 1.57. The zero-order chi connectivity index (χ0) is 19.1. The van der Waals surface area contributed by atoms with Crippen molar-refractivity contribution in [3.8, 4) is 11.5 Å². The number of methoxy groups -OCH3 is 2. The number of anilines is 2. The first kappa shape index (κ1) is 18.2. The van der Waals surface area contributed by atoms with Crippen LogP contribution in [0.25, 0.3) is 0 Å². The second-order valence-corrected chi connectivity index (χ2v) is 5.67. The third-order valence-electron chi connectivity index (χ3n) is 3.87. The summed E-state index contributed by atoms with van der Waals surface area (Å²) in [4.78, 5) is 12.4. The van der Waals surface area contributed by atoms with Crippen LogP contribution in [0.1, 0.15) is 15.9 Å². The van der Waals surface area contributed by atoms with E-state index in [1.54, 1.807) is 37.4 Å². The molecule has 2 aromatic carbocycles. The van der Waals surface area contributed by atoms with E-state index in [-0.39, 0.29) is 5.91 Å². The molecule has 0 saturated carbocycles. The van der Waals surface area contributed by atoms with Gasteiger partial charge in [0, 0.05) is 12.1 Å². The van der Waals surface area contributed by atoms with Gasteiger partial charge in [-0.05, 0) is 35.9 Å². The summed E-state index contributed by atoms with van der Waals surface area (Å²) in [5, 5.41) is 14.0. The van der Waals surface area contributed by atoms with Crippen LogP contribution in [-0.4, -0.2) is 30.3 Å². The van der Waals surface area contributed by atoms with E-state index >= 15 is 0 Å². The lowest BCUT2D eigenvalue weighted by Gasteiger charge is -2.10. The van der Waals surface area contributed by atoms with Crippen LogP contribution >= 0.6 is 0 Å². The first-order valence-corrected chi connectivity index (χ1v) is 8.34. The third kappa shape index (κ3) is 4.72. The predicted molar refractivity (Wildman–Crippen MR) is 103 cm³/mol. The van der Waals surface area contributed by atoms with E-state index in [1.165, 1.54) is 7.11 Å². The van der Waals surface area contributed by atoms with Crippen LogP contribution in [-0.2, 0) is 6.54 Å². The fourth-order valence-corrected chi connectivity index (χ4v) is 2.45. The SMILES string of the molecule is COc1ccc(C(=O)Nc2ccc(NCc3ccccc3)nn2)cc1OC. The maximum Gasteiger partial charge on any atom is 0.257 e. The second-order valence-electron chi connectivity index (χ2n) is 5.67. The highest BCUT2D eigenvalue weighted by Crippen LogP contribution is 2.27. The van der Waals surface area contributed by atoms with Crippen molar-refractivity contribution in [1.82, 2.24) is 10.2 Å². The zero-order valence-corrected chi connectivity index (χ0v) is 15.1. The van der Waals surface area contributed by atoms with Gasteiger partial charge in [0.25, 0.3) is 5.91 Å². The normalized spacial score (nSPS) is 10.1. The molecular formula is C20H20N4O3. The van der Waals surface area contributed by atoms with Gasteiger partial charge in [0.1, 0.15) is 5.82 Å². The average Bonchev–Trinajstić information content (AvgIpc) is 2.73. The molecule has 0 saturated heterocycles. The van der Waals surface area contributed by atoms with Gasteiger partial charge in [-0.25, -0.2) is 0 Å². The van der Waals surface area contributed by atoms with Crippen LogP contribution in [0.15, 0.2) is 60.7 Å². The van der Waals surface area contributed by atoms with Gasteiger partial charge in [-0.1, -0.05) is 30.3 Å². The Hall–Kier alpha value is -3.61. The zero-order valence-electron chi connectivity index (χ0n) is 15.1. The number of hydrogen-bond donors (Lipinski definition) is 2. The number of hydrogen-bond acceptors (Lipinski definition) is 6. The van der Waals surface area contributed by atoms with Crippen molar-refractivity contribution in [3.05, 3.63) is 71.8 Å². The van der Waals surface area contributed by atoms with Gasteiger partial charge in [-0.3, -0.25) is 4.79 Å². The fourth-order valence-electron chi connectivity index (χ4n) is 2.45. The number of nitrogens with zero attached hydrogens (tertiary/aromatic N) is 2. The Morgan fingerprint density at radius 3 is 2.26 bits per heavy atom. The van der Waals surface area contributed by atoms with Gasteiger partial charge in [-0.2, -0.15) is 0 Å². The molecule has 27 heavy (non-hydrogen) atoms. The van der Waals surface area contributed by atoms with Crippen molar-refractivity contribution in [2.75, 3.05) is 24.9 Å². The summed E-state index contributed by atoms with van der Waals surface area (Å²) in [6, 6.07) is 18.4. The van der Waals surface area contributed by atoms with Gasteiger partial charge in [0.15, 0.2) is 17.3 Å². The largest absolute Gasteiger partial charge is 0.493 e. The van der Waals surface area contributed by atoms with Gasteiger partial charge in [0.05, 0.1) is 14.2 Å². The summed E-state index contributed by atoms with van der Waals surface area (Å²) in [7, 11) is 3.06. The Balaban J connectivity index is 1.61. The summed E-state index contributed by atoms with van der Waals surface area (Å²) in [5.74, 6) is 1.72. The quantitative estimate of drug-likeness (QED) is 0.669. The molecule has 0 radical (unpaired) electrons. The molecule has 0 fully saturated rings. The molecule has 0 aliphatic heterocycles. The van der Waals surface area contributed by atoms with E-state index in [2.05, 4.69) is 20.8 Å². The molecule has 2 N–H and O–H groups in total. The summed E-state index contributed by atoms with van der Waals surface area (Å²) >= 11 is 0. The molecule has 7 nitrogen and oxygen atoms in total. The number of carbonyl (C=O) groups is 1. The van der Waals surface area contributed by atoms with E-state index in [0.717, 1.165) is 5.56 Å². The maximum absolute atomic E-state index is 12.4. The van der Waals surface area contributed by atoms with Crippen LogP contribution < -0.4 is 20.1 Å². The number of rotatable bonds is 7. The number of benzene rings is 2. The lowest BCUT2D eigenvalue weighted by Crippen LogP contribution is -2.14. The molecule has 1 amide bonds. The van der Waals surface area contributed by atoms with Gasteiger partial charge in [-0.15, -0.1) is 10.2 Å². The Kier molecular flexibility index (Phi) is 5.84. The van der Waals surface area contributed by atoms with Crippen LogP contribution in [0.4, 0.5) is 11.6 Å². The van der Waals surface area contributed by atoms with Crippen LogP contribution in [0.3, 0.4) is 0 Å². The van der Waals surface area contributed by atoms with Crippen molar-refractivity contribution in [1.29, 1.82) is 0 Å². The van der Waals surface area contributed by atoms with Crippen molar-refractivity contribution in [2.24, 2.45) is 0 Å². The highest BCUT2D eigenvalue weighted by Gasteiger charge is 2.11. The van der Waals surface area contributed by atoms with Crippen molar-refractivity contribution in [3.63, 3.8) is 0 Å². The molecule has 138 valence electrons. The molecule has 0 aliphatic carbocycles. The highest BCUT2D eigenvalue weighted by molar-refractivity contribution is 6.04. The van der Waals surface area contributed by atoms with E-state index in [0.29, 0.717) is 35.2 Å². The van der Waals surface area contributed by atoms with Crippen LogP contribution in [0.5, 0.6) is 11.5 Å². The standard InChI is InChI=1S/C20H20N4O3/c1-26-16-9-8-15(12-17(16)27-2)20(25)22-19-11-10-18(23-24-19)21-13-14-6-4-3-5-7-14/h3-12H,13H2,1-2H3,(H,21,23)(H,22,24,25).